The largest absolute Gasteiger partial charge is 0.298 e. The van der Waals surface area contributed by atoms with Gasteiger partial charge in [0.25, 0.3) is 0 Å². The highest BCUT2D eigenvalue weighted by Gasteiger charge is 2.33. The van der Waals surface area contributed by atoms with Gasteiger partial charge < -0.3 is 0 Å². The van der Waals surface area contributed by atoms with Gasteiger partial charge in [-0.15, -0.1) is 0 Å². The standard InChI is InChI=1S/C16H26O/c1-4-5-6-7-8-9-13-16(3)14(2)11-10-12-15(16)17/h9,11,13H,4-8,10,12H2,1-3H3. The molecule has 0 bridgehead atoms. The summed E-state index contributed by atoms with van der Waals surface area (Å²) in [6, 6.07) is 0. The molecule has 0 aliphatic heterocycles. The van der Waals surface area contributed by atoms with Crippen LogP contribution >= 0.6 is 0 Å². The molecule has 1 atom stereocenters. The van der Waals surface area contributed by atoms with Crippen LogP contribution in [-0.4, -0.2) is 5.78 Å². The van der Waals surface area contributed by atoms with E-state index in [2.05, 4.69) is 39.0 Å². The highest BCUT2D eigenvalue weighted by atomic mass is 16.1. The molecular formula is C16H26O. The zero-order chi connectivity index (χ0) is 12.7. The third-order valence-electron chi connectivity index (χ3n) is 3.90. The Balaban J connectivity index is 2.47. The second-order valence-corrected chi connectivity index (χ2v) is 5.30. The first-order chi connectivity index (χ1) is 8.11. The predicted molar refractivity (Wildman–Crippen MR) is 74.0 cm³/mol. The number of allylic oxidation sites excluding steroid dienone is 4. The summed E-state index contributed by atoms with van der Waals surface area (Å²) in [6.07, 6.45) is 14.4. The molecule has 17 heavy (non-hydrogen) atoms. The molecule has 0 spiro atoms. The Labute approximate surface area is 106 Å². The summed E-state index contributed by atoms with van der Waals surface area (Å²) in [5.41, 5.74) is 0.904. The summed E-state index contributed by atoms with van der Waals surface area (Å²) >= 11 is 0. The van der Waals surface area contributed by atoms with Gasteiger partial charge in [0.1, 0.15) is 5.78 Å². The van der Waals surface area contributed by atoms with Crippen LogP contribution in [0.15, 0.2) is 23.8 Å². The van der Waals surface area contributed by atoms with Gasteiger partial charge in [-0.2, -0.15) is 0 Å². The molecule has 1 heteroatoms. The van der Waals surface area contributed by atoms with Gasteiger partial charge in [-0.05, 0) is 33.1 Å². The minimum Gasteiger partial charge on any atom is -0.298 e. The normalized spacial score (nSPS) is 25.4. The molecule has 0 saturated carbocycles. The Kier molecular flexibility index (Phi) is 5.67. The van der Waals surface area contributed by atoms with Crippen LogP contribution in [0.25, 0.3) is 0 Å². The second-order valence-electron chi connectivity index (χ2n) is 5.30. The minimum absolute atomic E-state index is 0.316. The highest BCUT2D eigenvalue weighted by Crippen LogP contribution is 2.35. The number of rotatable bonds is 6. The molecule has 1 nitrogen and oxygen atoms in total. The van der Waals surface area contributed by atoms with E-state index < -0.39 is 0 Å². The van der Waals surface area contributed by atoms with E-state index in [0.29, 0.717) is 12.2 Å². The van der Waals surface area contributed by atoms with Gasteiger partial charge in [0, 0.05) is 6.42 Å². The van der Waals surface area contributed by atoms with E-state index in [1.54, 1.807) is 0 Å². The fourth-order valence-corrected chi connectivity index (χ4v) is 2.34. The number of carbonyl (C=O) groups is 1. The summed E-state index contributed by atoms with van der Waals surface area (Å²) in [5.74, 6) is 0.377. The van der Waals surface area contributed by atoms with Crippen LogP contribution in [0.1, 0.15) is 65.7 Å². The van der Waals surface area contributed by atoms with Gasteiger partial charge in [0.2, 0.25) is 0 Å². The van der Waals surface area contributed by atoms with Crippen molar-refractivity contribution in [3.8, 4) is 0 Å². The quantitative estimate of drug-likeness (QED) is 0.475. The van der Waals surface area contributed by atoms with Crippen molar-refractivity contribution in [2.45, 2.75) is 65.7 Å². The first kappa shape index (κ1) is 14.2. The maximum Gasteiger partial charge on any atom is 0.146 e. The molecule has 96 valence electrons. The van der Waals surface area contributed by atoms with Crippen molar-refractivity contribution < 1.29 is 4.79 Å². The molecule has 1 unspecified atom stereocenters. The fourth-order valence-electron chi connectivity index (χ4n) is 2.34. The van der Waals surface area contributed by atoms with Crippen LogP contribution in [0.2, 0.25) is 0 Å². The monoisotopic (exact) mass is 234 g/mol. The van der Waals surface area contributed by atoms with Gasteiger partial charge in [-0.3, -0.25) is 4.79 Å². The van der Waals surface area contributed by atoms with E-state index in [0.717, 1.165) is 12.8 Å². The molecule has 0 aromatic heterocycles. The van der Waals surface area contributed by atoms with Crippen LogP contribution in [0, 0.1) is 5.41 Å². The predicted octanol–water partition coefficient (Wildman–Crippen LogP) is 4.83. The van der Waals surface area contributed by atoms with Crippen LogP contribution in [0.4, 0.5) is 0 Å². The third kappa shape index (κ3) is 3.83. The molecule has 0 amide bonds. The second kappa shape index (κ2) is 6.78. The van der Waals surface area contributed by atoms with E-state index >= 15 is 0 Å². The third-order valence-corrected chi connectivity index (χ3v) is 3.90. The Morgan fingerprint density at radius 1 is 1.35 bits per heavy atom. The number of hydrogen-bond acceptors (Lipinski definition) is 1. The van der Waals surface area contributed by atoms with E-state index in [1.807, 2.05) is 0 Å². The Morgan fingerprint density at radius 3 is 2.76 bits per heavy atom. The van der Waals surface area contributed by atoms with Gasteiger partial charge in [0.05, 0.1) is 5.41 Å². The molecule has 0 aromatic rings. The maximum absolute atomic E-state index is 12.0. The SMILES string of the molecule is CCCCCCC=CC1(C)C(=O)CCC=C1C. The molecule has 0 saturated heterocycles. The summed E-state index contributed by atoms with van der Waals surface area (Å²) in [7, 11) is 0. The lowest BCUT2D eigenvalue weighted by Crippen LogP contribution is -2.29. The van der Waals surface area contributed by atoms with E-state index in [4.69, 9.17) is 0 Å². The van der Waals surface area contributed by atoms with E-state index in [-0.39, 0.29) is 5.41 Å². The van der Waals surface area contributed by atoms with Crippen LogP contribution in [-0.2, 0) is 4.79 Å². The average Bonchev–Trinajstić information content (AvgIpc) is 2.31. The fraction of sp³-hybridized carbons (Fsp3) is 0.688. The van der Waals surface area contributed by atoms with Gasteiger partial charge in [-0.25, -0.2) is 0 Å². The number of carbonyl (C=O) groups excluding carboxylic acids is 1. The maximum atomic E-state index is 12.0. The molecule has 0 aromatic carbocycles. The molecule has 1 aliphatic rings. The zero-order valence-corrected chi connectivity index (χ0v) is 11.6. The molecule has 1 rings (SSSR count). The van der Waals surface area contributed by atoms with Crippen LogP contribution in [0.5, 0.6) is 0 Å². The Morgan fingerprint density at radius 2 is 2.12 bits per heavy atom. The lowest BCUT2D eigenvalue weighted by atomic mass is 9.73. The van der Waals surface area contributed by atoms with Crippen molar-refractivity contribution in [1.82, 2.24) is 0 Å². The molecule has 1 aliphatic carbocycles. The highest BCUT2D eigenvalue weighted by molar-refractivity contribution is 5.90. The summed E-state index contributed by atoms with van der Waals surface area (Å²) in [5, 5.41) is 0. The van der Waals surface area contributed by atoms with Crippen molar-refractivity contribution >= 4 is 5.78 Å². The lowest BCUT2D eigenvalue weighted by molar-refractivity contribution is -0.124. The van der Waals surface area contributed by atoms with Crippen LogP contribution in [0.3, 0.4) is 0 Å². The molecule has 0 radical (unpaired) electrons. The lowest BCUT2D eigenvalue weighted by Gasteiger charge is -2.29. The number of unbranched alkanes of at least 4 members (excludes halogenated alkanes) is 4. The zero-order valence-electron chi connectivity index (χ0n) is 11.6. The van der Waals surface area contributed by atoms with Gasteiger partial charge >= 0.3 is 0 Å². The topological polar surface area (TPSA) is 17.1 Å². The smallest absolute Gasteiger partial charge is 0.146 e. The van der Waals surface area contributed by atoms with Gasteiger partial charge in [-0.1, -0.05) is 50.0 Å². The van der Waals surface area contributed by atoms with Crippen molar-refractivity contribution in [3.05, 3.63) is 23.8 Å². The van der Waals surface area contributed by atoms with E-state index in [9.17, 15) is 4.79 Å². The van der Waals surface area contributed by atoms with Crippen LogP contribution < -0.4 is 0 Å². The molecular weight excluding hydrogens is 208 g/mol. The molecule has 0 fully saturated rings. The number of hydrogen-bond donors (Lipinski definition) is 0. The summed E-state index contributed by atoms with van der Waals surface area (Å²) in [4.78, 5) is 12.0. The Bertz CT molecular complexity index is 311. The number of ketones is 1. The van der Waals surface area contributed by atoms with E-state index in [1.165, 1.54) is 31.3 Å². The van der Waals surface area contributed by atoms with Crippen molar-refractivity contribution in [3.63, 3.8) is 0 Å². The van der Waals surface area contributed by atoms with Crippen molar-refractivity contribution in [1.29, 1.82) is 0 Å². The average molecular weight is 234 g/mol. The van der Waals surface area contributed by atoms with Gasteiger partial charge in [0.15, 0.2) is 0 Å². The Hall–Kier alpha value is -0.850. The summed E-state index contributed by atoms with van der Waals surface area (Å²) in [6.45, 7) is 6.37. The molecule has 0 N–H and O–H groups in total. The van der Waals surface area contributed by atoms with Crippen molar-refractivity contribution in [2.24, 2.45) is 5.41 Å². The number of Topliss-reactive ketones (excluding diaryl/α,β-unsaturated/α-hetero) is 1. The molecule has 0 heterocycles. The minimum atomic E-state index is -0.316. The first-order valence-electron chi connectivity index (χ1n) is 6.99. The van der Waals surface area contributed by atoms with Crippen molar-refractivity contribution in [2.75, 3.05) is 0 Å². The first-order valence-corrected chi connectivity index (χ1v) is 6.99. The summed E-state index contributed by atoms with van der Waals surface area (Å²) < 4.78 is 0.